The summed E-state index contributed by atoms with van der Waals surface area (Å²) in [6.45, 7) is 0. The molecule has 3 aliphatic carbocycles. The molecule has 3 rings (SSSR count). The first-order valence-corrected chi connectivity index (χ1v) is 7.12. The van der Waals surface area contributed by atoms with Gasteiger partial charge in [0, 0.05) is 0 Å². The van der Waals surface area contributed by atoms with E-state index in [1.165, 1.54) is 44.9 Å². The Labute approximate surface area is 95.1 Å². The molecule has 0 aromatic rings. The van der Waals surface area contributed by atoms with E-state index in [0.717, 1.165) is 11.8 Å². The van der Waals surface area contributed by atoms with E-state index in [-0.39, 0.29) is 0 Å². The van der Waals surface area contributed by atoms with Gasteiger partial charge in [-0.2, -0.15) is 0 Å². The van der Waals surface area contributed by atoms with Crippen molar-refractivity contribution >= 4 is 0 Å². The van der Waals surface area contributed by atoms with Crippen LogP contribution < -0.4 is 0 Å². The van der Waals surface area contributed by atoms with Gasteiger partial charge in [0.15, 0.2) is 0 Å². The molecule has 0 aromatic carbocycles. The number of hydrogen-bond acceptors (Lipinski definition) is 0. The maximum Gasteiger partial charge on any atom is -0.0348 e. The van der Waals surface area contributed by atoms with Crippen LogP contribution in [0, 0.1) is 11.8 Å². The van der Waals surface area contributed by atoms with E-state index in [1.807, 2.05) is 0 Å². The van der Waals surface area contributed by atoms with E-state index >= 15 is 0 Å². The van der Waals surface area contributed by atoms with Crippen LogP contribution >= 0.6 is 0 Å². The lowest BCUT2D eigenvalue weighted by molar-refractivity contribution is 0.347. The first kappa shape index (κ1) is 11.2. The van der Waals surface area contributed by atoms with Gasteiger partial charge < -0.3 is 0 Å². The number of rotatable bonds is 1. The highest BCUT2D eigenvalue weighted by Gasteiger charge is 2.26. The minimum Gasteiger partial charge on any atom is -0.0885 e. The third kappa shape index (κ3) is 3.66. The van der Waals surface area contributed by atoms with E-state index in [9.17, 15) is 0 Å². The molecule has 0 spiro atoms. The Balaban J connectivity index is 0.000000144. The van der Waals surface area contributed by atoms with Crippen molar-refractivity contribution in [3.05, 3.63) is 12.2 Å². The predicted molar refractivity (Wildman–Crippen MR) is 66.9 cm³/mol. The standard InChI is InChI=1S/C10H18.C5H8/c1-2-6-9(5-1)10-7-3-4-8-10;1-2-4-5-3-1/h9-10H,1-8H2;1-2H,3-5H2. The zero-order valence-corrected chi connectivity index (χ0v) is 10.1. The van der Waals surface area contributed by atoms with Crippen LogP contribution in [0.3, 0.4) is 0 Å². The zero-order chi connectivity index (χ0) is 10.3. The summed E-state index contributed by atoms with van der Waals surface area (Å²) in [7, 11) is 0. The van der Waals surface area contributed by atoms with Gasteiger partial charge in [-0.1, -0.05) is 63.5 Å². The van der Waals surface area contributed by atoms with Crippen LogP contribution in [0.5, 0.6) is 0 Å². The molecular weight excluding hydrogens is 180 g/mol. The van der Waals surface area contributed by atoms with Gasteiger partial charge in [0.05, 0.1) is 0 Å². The van der Waals surface area contributed by atoms with Crippen molar-refractivity contribution < 1.29 is 0 Å². The Morgan fingerprint density at radius 3 is 1.20 bits per heavy atom. The Kier molecular flexibility index (Phi) is 4.76. The molecule has 2 fully saturated rings. The van der Waals surface area contributed by atoms with Gasteiger partial charge in [0.2, 0.25) is 0 Å². The van der Waals surface area contributed by atoms with E-state index in [2.05, 4.69) is 12.2 Å². The van der Waals surface area contributed by atoms with Crippen LogP contribution in [0.25, 0.3) is 0 Å². The van der Waals surface area contributed by atoms with Gasteiger partial charge in [-0.05, 0) is 31.1 Å². The van der Waals surface area contributed by atoms with E-state index in [0.29, 0.717) is 0 Å². The van der Waals surface area contributed by atoms with Crippen molar-refractivity contribution in [1.82, 2.24) is 0 Å². The summed E-state index contributed by atoms with van der Waals surface area (Å²) in [4.78, 5) is 0. The van der Waals surface area contributed by atoms with Crippen LogP contribution in [-0.4, -0.2) is 0 Å². The Bertz CT molecular complexity index is 160. The largest absolute Gasteiger partial charge is 0.0885 e. The third-order valence-electron chi connectivity index (χ3n) is 4.37. The number of hydrogen-bond donors (Lipinski definition) is 0. The fourth-order valence-electron chi connectivity index (χ4n) is 3.45. The van der Waals surface area contributed by atoms with Gasteiger partial charge in [0.1, 0.15) is 0 Å². The highest BCUT2D eigenvalue weighted by Crippen LogP contribution is 2.39. The molecule has 0 aromatic heterocycles. The maximum absolute atomic E-state index is 2.24. The van der Waals surface area contributed by atoms with Crippen LogP contribution in [0.1, 0.15) is 70.6 Å². The first-order valence-electron chi connectivity index (χ1n) is 7.12. The lowest BCUT2D eigenvalue weighted by Crippen LogP contribution is -2.06. The topological polar surface area (TPSA) is 0 Å². The fraction of sp³-hybridized carbons (Fsp3) is 0.867. The molecule has 0 unspecified atom stereocenters. The first-order chi connectivity index (χ1) is 7.47. The molecule has 0 N–H and O–H groups in total. The smallest absolute Gasteiger partial charge is 0.0348 e. The van der Waals surface area contributed by atoms with Crippen molar-refractivity contribution in [3.8, 4) is 0 Å². The van der Waals surface area contributed by atoms with Crippen LogP contribution in [0.2, 0.25) is 0 Å². The van der Waals surface area contributed by atoms with Crippen LogP contribution in [0.4, 0.5) is 0 Å². The Morgan fingerprint density at radius 2 is 0.933 bits per heavy atom. The van der Waals surface area contributed by atoms with Crippen LogP contribution in [-0.2, 0) is 0 Å². The highest BCUT2D eigenvalue weighted by molar-refractivity contribution is 4.88. The van der Waals surface area contributed by atoms with Crippen LogP contribution in [0.15, 0.2) is 12.2 Å². The van der Waals surface area contributed by atoms with Crippen molar-refractivity contribution in [2.45, 2.75) is 70.6 Å². The van der Waals surface area contributed by atoms with Gasteiger partial charge >= 0.3 is 0 Å². The summed E-state index contributed by atoms with van der Waals surface area (Å²) < 4.78 is 0. The minimum atomic E-state index is 1.16. The molecule has 2 saturated carbocycles. The Morgan fingerprint density at radius 1 is 0.533 bits per heavy atom. The van der Waals surface area contributed by atoms with E-state index in [4.69, 9.17) is 0 Å². The molecule has 86 valence electrons. The summed E-state index contributed by atoms with van der Waals surface area (Å²) in [5, 5.41) is 0. The van der Waals surface area contributed by atoms with Gasteiger partial charge in [-0.3, -0.25) is 0 Å². The van der Waals surface area contributed by atoms with Gasteiger partial charge in [-0.15, -0.1) is 0 Å². The molecule has 0 heterocycles. The average Bonchev–Trinajstić information content (AvgIpc) is 3.06. The monoisotopic (exact) mass is 206 g/mol. The predicted octanol–water partition coefficient (Wildman–Crippen LogP) is 5.09. The molecule has 0 nitrogen and oxygen atoms in total. The van der Waals surface area contributed by atoms with Gasteiger partial charge in [-0.25, -0.2) is 0 Å². The quantitative estimate of drug-likeness (QED) is 0.524. The molecule has 0 saturated heterocycles. The highest BCUT2D eigenvalue weighted by atomic mass is 14.3. The lowest BCUT2D eigenvalue weighted by Gasteiger charge is -2.16. The minimum absolute atomic E-state index is 1.16. The molecule has 0 radical (unpaired) electrons. The second kappa shape index (κ2) is 6.35. The number of allylic oxidation sites excluding steroid dienone is 2. The van der Waals surface area contributed by atoms with E-state index in [1.54, 1.807) is 25.7 Å². The zero-order valence-electron chi connectivity index (χ0n) is 10.1. The van der Waals surface area contributed by atoms with Gasteiger partial charge in [0.25, 0.3) is 0 Å². The fourth-order valence-corrected chi connectivity index (χ4v) is 3.45. The second-order valence-corrected chi connectivity index (χ2v) is 5.49. The van der Waals surface area contributed by atoms with Crippen molar-refractivity contribution in [2.24, 2.45) is 11.8 Å². The Hall–Kier alpha value is -0.260. The summed E-state index contributed by atoms with van der Waals surface area (Å²) in [6, 6.07) is 0. The molecular formula is C15H26. The third-order valence-corrected chi connectivity index (χ3v) is 4.37. The molecule has 0 aliphatic heterocycles. The molecule has 15 heavy (non-hydrogen) atoms. The van der Waals surface area contributed by atoms with Crippen molar-refractivity contribution in [3.63, 3.8) is 0 Å². The second-order valence-electron chi connectivity index (χ2n) is 5.49. The molecule has 0 amide bonds. The average molecular weight is 206 g/mol. The summed E-state index contributed by atoms with van der Waals surface area (Å²) in [5.74, 6) is 2.31. The SMILES string of the molecule is C1=CCCC1.C1CCC(C2CCCC2)C1. The lowest BCUT2D eigenvalue weighted by atomic mass is 9.90. The van der Waals surface area contributed by atoms with Crippen molar-refractivity contribution in [2.75, 3.05) is 0 Å². The molecule has 0 heteroatoms. The summed E-state index contributed by atoms with van der Waals surface area (Å²) >= 11 is 0. The van der Waals surface area contributed by atoms with Crippen molar-refractivity contribution in [1.29, 1.82) is 0 Å². The summed E-state index contributed by atoms with van der Waals surface area (Å²) in [6.07, 6.45) is 20.9. The molecule has 3 aliphatic rings. The van der Waals surface area contributed by atoms with E-state index < -0.39 is 0 Å². The summed E-state index contributed by atoms with van der Waals surface area (Å²) in [5.41, 5.74) is 0. The molecule has 0 bridgehead atoms. The molecule has 0 atom stereocenters. The maximum atomic E-state index is 2.24. The normalized spacial score (nSPS) is 26.9.